The Morgan fingerprint density at radius 3 is 2.29 bits per heavy atom. The summed E-state index contributed by atoms with van der Waals surface area (Å²) in [5.74, 6) is -0.164. The van der Waals surface area contributed by atoms with Gasteiger partial charge in [0.05, 0.1) is 6.61 Å². The minimum Gasteiger partial charge on any atom is -0.394 e. The normalized spacial score (nSPS) is 12.3. The van der Waals surface area contributed by atoms with Gasteiger partial charge in [-0.25, -0.2) is 0 Å². The summed E-state index contributed by atoms with van der Waals surface area (Å²) in [5.41, 5.74) is 1.59. The van der Waals surface area contributed by atoms with Crippen LogP contribution in [-0.2, 0) is 0 Å². The lowest BCUT2D eigenvalue weighted by molar-refractivity contribution is 0.0922. The van der Waals surface area contributed by atoms with Crippen LogP contribution in [0, 0.1) is 0 Å². The first-order valence-electron chi connectivity index (χ1n) is 5.81. The molecule has 1 atom stereocenters. The molecule has 0 bridgehead atoms. The first-order chi connectivity index (χ1) is 8.02. The number of carbonyl (C=O) groups is 1. The Morgan fingerprint density at radius 2 is 1.82 bits per heavy atom. The number of hydrogen-bond acceptors (Lipinski definition) is 3. The number of carbonyl (C=O) groups excluding carboxylic acids is 1. The predicted molar refractivity (Wildman–Crippen MR) is 69.2 cm³/mol. The standard InChI is InChI=1S/C13H20N2O2/c1-9(2)14-12-6-4-11(5-7-12)13(17)15-10(3)8-16/h4-7,9-10,14,16H,8H2,1-3H3,(H,15,17). The van der Waals surface area contributed by atoms with Crippen LogP contribution in [0.1, 0.15) is 31.1 Å². The maximum absolute atomic E-state index is 11.7. The van der Waals surface area contributed by atoms with Crippen LogP contribution in [-0.4, -0.2) is 29.7 Å². The van der Waals surface area contributed by atoms with Crippen molar-refractivity contribution in [2.45, 2.75) is 32.9 Å². The van der Waals surface area contributed by atoms with Crippen molar-refractivity contribution < 1.29 is 9.90 Å². The van der Waals surface area contributed by atoms with Gasteiger partial charge in [0.1, 0.15) is 0 Å². The fourth-order valence-corrected chi connectivity index (χ4v) is 1.40. The Labute approximate surface area is 102 Å². The summed E-state index contributed by atoms with van der Waals surface area (Å²) in [6, 6.07) is 7.42. The van der Waals surface area contributed by atoms with Gasteiger partial charge in [0, 0.05) is 23.3 Å². The molecule has 0 saturated carbocycles. The van der Waals surface area contributed by atoms with E-state index in [-0.39, 0.29) is 18.6 Å². The molecule has 3 N–H and O–H groups in total. The molecule has 0 fully saturated rings. The van der Waals surface area contributed by atoms with Crippen LogP contribution in [0.15, 0.2) is 24.3 Å². The van der Waals surface area contributed by atoms with Crippen LogP contribution in [0.5, 0.6) is 0 Å². The second-order valence-corrected chi connectivity index (χ2v) is 4.43. The lowest BCUT2D eigenvalue weighted by Crippen LogP contribution is -2.34. The monoisotopic (exact) mass is 236 g/mol. The third-order valence-electron chi connectivity index (χ3n) is 2.25. The third-order valence-corrected chi connectivity index (χ3v) is 2.25. The summed E-state index contributed by atoms with van der Waals surface area (Å²) >= 11 is 0. The van der Waals surface area contributed by atoms with Crippen LogP contribution in [0.25, 0.3) is 0 Å². The van der Waals surface area contributed by atoms with E-state index in [1.54, 1.807) is 19.1 Å². The maximum atomic E-state index is 11.7. The second kappa shape index (κ2) is 6.25. The number of benzene rings is 1. The highest BCUT2D eigenvalue weighted by atomic mass is 16.3. The van der Waals surface area contributed by atoms with Crippen molar-refractivity contribution in [3.05, 3.63) is 29.8 Å². The van der Waals surface area contributed by atoms with Crippen molar-refractivity contribution in [3.63, 3.8) is 0 Å². The van der Waals surface area contributed by atoms with Gasteiger partial charge in [0.25, 0.3) is 5.91 Å². The fraction of sp³-hybridized carbons (Fsp3) is 0.462. The van der Waals surface area contributed by atoms with Gasteiger partial charge < -0.3 is 15.7 Å². The second-order valence-electron chi connectivity index (χ2n) is 4.43. The van der Waals surface area contributed by atoms with E-state index in [0.29, 0.717) is 11.6 Å². The highest BCUT2D eigenvalue weighted by Crippen LogP contribution is 2.10. The minimum absolute atomic E-state index is 0.0568. The molecule has 0 heterocycles. The third kappa shape index (κ3) is 4.44. The molecule has 0 aromatic heterocycles. The summed E-state index contributed by atoms with van der Waals surface area (Å²) in [6.07, 6.45) is 0. The van der Waals surface area contributed by atoms with Crippen LogP contribution >= 0.6 is 0 Å². The van der Waals surface area contributed by atoms with E-state index in [9.17, 15) is 4.79 Å². The predicted octanol–water partition coefficient (Wildman–Crippen LogP) is 1.62. The van der Waals surface area contributed by atoms with E-state index in [2.05, 4.69) is 24.5 Å². The van der Waals surface area contributed by atoms with Gasteiger partial charge in [0.15, 0.2) is 0 Å². The van der Waals surface area contributed by atoms with Gasteiger partial charge in [0.2, 0.25) is 0 Å². The van der Waals surface area contributed by atoms with Crippen molar-refractivity contribution in [2.75, 3.05) is 11.9 Å². The topological polar surface area (TPSA) is 61.4 Å². The number of nitrogens with one attached hydrogen (secondary N) is 2. The molecule has 1 rings (SSSR count). The number of aliphatic hydroxyl groups excluding tert-OH is 1. The highest BCUT2D eigenvalue weighted by molar-refractivity contribution is 5.94. The lowest BCUT2D eigenvalue weighted by atomic mass is 10.1. The van der Waals surface area contributed by atoms with Crippen LogP contribution in [0.3, 0.4) is 0 Å². The zero-order valence-corrected chi connectivity index (χ0v) is 10.5. The minimum atomic E-state index is -0.226. The lowest BCUT2D eigenvalue weighted by Gasteiger charge is -2.12. The van der Waals surface area contributed by atoms with Crippen LogP contribution < -0.4 is 10.6 Å². The molecule has 1 unspecified atom stereocenters. The molecule has 1 aromatic carbocycles. The number of anilines is 1. The molecular weight excluding hydrogens is 216 g/mol. The number of aliphatic hydroxyl groups is 1. The SMILES string of the molecule is CC(C)Nc1ccc(C(=O)NC(C)CO)cc1. The van der Waals surface area contributed by atoms with Gasteiger partial charge in [-0.15, -0.1) is 0 Å². The molecule has 94 valence electrons. The highest BCUT2D eigenvalue weighted by Gasteiger charge is 2.08. The Balaban J connectivity index is 2.64. The van der Waals surface area contributed by atoms with E-state index >= 15 is 0 Å². The average Bonchev–Trinajstić information content (AvgIpc) is 2.28. The largest absolute Gasteiger partial charge is 0.394 e. The molecule has 4 heteroatoms. The van der Waals surface area contributed by atoms with Gasteiger partial charge in [-0.2, -0.15) is 0 Å². The van der Waals surface area contributed by atoms with Crippen LogP contribution in [0.2, 0.25) is 0 Å². The summed E-state index contributed by atoms with van der Waals surface area (Å²) in [4.78, 5) is 11.7. The Morgan fingerprint density at radius 1 is 1.24 bits per heavy atom. The van der Waals surface area contributed by atoms with E-state index in [1.807, 2.05) is 12.1 Å². The molecule has 1 amide bonds. The van der Waals surface area contributed by atoms with Crippen molar-refractivity contribution in [3.8, 4) is 0 Å². The Bertz CT molecular complexity index is 360. The number of amides is 1. The van der Waals surface area contributed by atoms with Crippen molar-refractivity contribution in [1.82, 2.24) is 5.32 Å². The summed E-state index contributed by atoms with van der Waals surface area (Å²) in [7, 11) is 0. The Hall–Kier alpha value is -1.55. The van der Waals surface area contributed by atoms with E-state index < -0.39 is 0 Å². The maximum Gasteiger partial charge on any atom is 0.251 e. The van der Waals surface area contributed by atoms with Gasteiger partial charge in [-0.1, -0.05) is 0 Å². The molecule has 0 aliphatic rings. The van der Waals surface area contributed by atoms with E-state index in [1.165, 1.54) is 0 Å². The number of rotatable bonds is 5. The zero-order valence-electron chi connectivity index (χ0n) is 10.5. The fourth-order valence-electron chi connectivity index (χ4n) is 1.40. The van der Waals surface area contributed by atoms with Crippen molar-refractivity contribution in [1.29, 1.82) is 0 Å². The van der Waals surface area contributed by atoms with Crippen molar-refractivity contribution >= 4 is 11.6 Å². The molecule has 0 radical (unpaired) electrons. The summed E-state index contributed by atoms with van der Waals surface area (Å²) < 4.78 is 0. The molecular formula is C13H20N2O2. The van der Waals surface area contributed by atoms with E-state index in [0.717, 1.165) is 5.69 Å². The average molecular weight is 236 g/mol. The quantitative estimate of drug-likeness (QED) is 0.728. The molecule has 0 aliphatic heterocycles. The Kier molecular flexibility index (Phi) is 4.97. The summed E-state index contributed by atoms with van der Waals surface area (Å²) in [6.45, 7) is 5.82. The summed E-state index contributed by atoms with van der Waals surface area (Å²) in [5, 5.41) is 14.8. The molecule has 17 heavy (non-hydrogen) atoms. The molecule has 0 saturated heterocycles. The molecule has 4 nitrogen and oxygen atoms in total. The smallest absolute Gasteiger partial charge is 0.251 e. The zero-order chi connectivity index (χ0) is 12.8. The number of hydrogen-bond donors (Lipinski definition) is 3. The first-order valence-corrected chi connectivity index (χ1v) is 5.81. The molecule has 1 aromatic rings. The van der Waals surface area contributed by atoms with Crippen LogP contribution in [0.4, 0.5) is 5.69 Å². The first kappa shape index (κ1) is 13.5. The van der Waals surface area contributed by atoms with Crippen molar-refractivity contribution in [2.24, 2.45) is 0 Å². The molecule has 0 aliphatic carbocycles. The van der Waals surface area contributed by atoms with E-state index in [4.69, 9.17) is 5.11 Å². The van der Waals surface area contributed by atoms with Gasteiger partial charge in [-0.05, 0) is 45.0 Å². The van der Waals surface area contributed by atoms with Gasteiger partial charge >= 0.3 is 0 Å². The molecule has 0 spiro atoms. The van der Waals surface area contributed by atoms with Gasteiger partial charge in [-0.3, -0.25) is 4.79 Å².